The van der Waals surface area contributed by atoms with Gasteiger partial charge in [-0.05, 0) is 35.0 Å². The van der Waals surface area contributed by atoms with Gasteiger partial charge in [0.05, 0.1) is 15.7 Å². The topological polar surface area (TPSA) is 38.3 Å². The standard InChI is InChI=1S/C10H7BrF3NO2/c1-4-9(16)15-7-3-5(10(12,13)14)2-6(11)8(7)17-4/h2-4H,1H3,(H,15,16). The molecule has 1 aliphatic heterocycles. The highest BCUT2D eigenvalue weighted by Crippen LogP contribution is 2.42. The third kappa shape index (κ3) is 2.24. The number of benzene rings is 1. The first-order valence-corrected chi connectivity index (χ1v) is 5.46. The highest BCUT2D eigenvalue weighted by molar-refractivity contribution is 9.10. The van der Waals surface area contributed by atoms with Crippen molar-refractivity contribution in [2.75, 3.05) is 5.32 Å². The predicted octanol–water partition coefficient (Wildman–Crippen LogP) is 3.19. The fourth-order valence-electron chi connectivity index (χ4n) is 1.43. The van der Waals surface area contributed by atoms with Gasteiger partial charge in [-0.2, -0.15) is 13.2 Å². The molecule has 0 bridgehead atoms. The number of hydrogen-bond donors (Lipinski definition) is 1. The van der Waals surface area contributed by atoms with Gasteiger partial charge >= 0.3 is 6.18 Å². The third-order valence-electron chi connectivity index (χ3n) is 2.29. The summed E-state index contributed by atoms with van der Waals surface area (Å²) in [5.74, 6) is -0.256. The Hall–Kier alpha value is -1.24. The van der Waals surface area contributed by atoms with Crippen LogP contribution >= 0.6 is 15.9 Å². The lowest BCUT2D eigenvalue weighted by molar-refractivity contribution is -0.137. The fraction of sp³-hybridized carbons (Fsp3) is 0.300. The molecule has 0 fully saturated rings. The SMILES string of the molecule is CC1Oc2c(Br)cc(C(F)(F)F)cc2NC1=O. The Kier molecular flexibility index (Phi) is 2.81. The zero-order valence-electron chi connectivity index (χ0n) is 8.56. The van der Waals surface area contributed by atoms with Crippen molar-refractivity contribution < 1.29 is 22.7 Å². The summed E-state index contributed by atoms with van der Waals surface area (Å²) in [6.07, 6.45) is -5.19. The van der Waals surface area contributed by atoms with Gasteiger partial charge in [-0.3, -0.25) is 4.79 Å². The minimum atomic E-state index is -4.47. The lowest BCUT2D eigenvalue weighted by atomic mass is 10.1. The van der Waals surface area contributed by atoms with Gasteiger partial charge in [0, 0.05) is 0 Å². The Morgan fingerprint density at radius 2 is 2.06 bits per heavy atom. The number of fused-ring (bicyclic) bond motifs is 1. The average Bonchev–Trinajstić information content (AvgIpc) is 2.19. The minimum Gasteiger partial charge on any atom is -0.478 e. The van der Waals surface area contributed by atoms with Gasteiger partial charge < -0.3 is 10.1 Å². The van der Waals surface area contributed by atoms with E-state index < -0.39 is 23.8 Å². The number of ether oxygens (including phenoxy) is 1. The van der Waals surface area contributed by atoms with Gasteiger partial charge in [0.1, 0.15) is 0 Å². The molecule has 1 heterocycles. The van der Waals surface area contributed by atoms with Crippen LogP contribution in [0.15, 0.2) is 16.6 Å². The maximum absolute atomic E-state index is 12.5. The maximum atomic E-state index is 12.5. The molecule has 0 radical (unpaired) electrons. The van der Waals surface area contributed by atoms with Crippen molar-refractivity contribution in [3.8, 4) is 5.75 Å². The number of hydrogen-bond acceptors (Lipinski definition) is 2. The number of alkyl halides is 3. The number of amides is 1. The molecule has 17 heavy (non-hydrogen) atoms. The summed E-state index contributed by atoms with van der Waals surface area (Å²) in [5.41, 5.74) is -0.823. The summed E-state index contributed by atoms with van der Waals surface area (Å²) in [6, 6.07) is 1.77. The molecule has 0 saturated heterocycles. The van der Waals surface area contributed by atoms with Gasteiger partial charge in [0.25, 0.3) is 5.91 Å². The Bertz CT molecular complexity index is 487. The van der Waals surface area contributed by atoms with E-state index in [-0.39, 0.29) is 15.9 Å². The van der Waals surface area contributed by atoms with Crippen LogP contribution in [0.25, 0.3) is 0 Å². The van der Waals surface area contributed by atoms with E-state index in [9.17, 15) is 18.0 Å². The molecule has 0 aromatic heterocycles. The van der Waals surface area contributed by atoms with Crippen molar-refractivity contribution in [1.29, 1.82) is 0 Å². The van der Waals surface area contributed by atoms with Crippen LogP contribution in [0.4, 0.5) is 18.9 Å². The van der Waals surface area contributed by atoms with Gasteiger partial charge in [-0.25, -0.2) is 0 Å². The van der Waals surface area contributed by atoms with E-state index in [1.54, 1.807) is 0 Å². The van der Waals surface area contributed by atoms with Gasteiger partial charge in [0.15, 0.2) is 11.9 Å². The molecule has 3 nitrogen and oxygen atoms in total. The van der Waals surface area contributed by atoms with Crippen molar-refractivity contribution in [3.63, 3.8) is 0 Å². The molecule has 1 amide bonds. The van der Waals surface area contributed by atoms with Gasteiger partial charge in [-0.1, -0.05) is 0 Å². The number of carbonyl (C=O) groups excluding carboxylic acids is 1. The number of rotatable bonds is 0. The average molecular weight is 310 g/mol. The molecule has 1 aromatic carbocycles. The van der Waals surface area contributed by atoms with Crippen LogP contribution in [0.2, 0.25) is 0 Å². The summed E-state index contributed by atoms with van der Waals surface area (Å²) in [6.45, 7) is 1.52. The van der Waals surface area contributed by atoms with Crippen LogP contribution in [0.1, 0.15) is 12.5 Å². The highest BCUT2D eigenvalue weighted by Gasteiger charge is 2.34. The van der Waals surface area contributed by atoms with Crippen molar-refractivity contribution in [2.45, 2.75) is 19.2 Å². The second-order valence-electron chi connectivity index (χ2n) is 3.58. The van der Waals surface area contributed by atoms with E-state index in [1.807, 2.05) is 0 Å². The second kappa shape index (κ2) is 3.90. The van der Waals surface area contributed by atoms with Crippen LogP contribution in [-0.4, -0.2) is 12.0 Å². The van der Waals surface area contributed by atoms with Crippen LogP contribution < -0.4 is 10.1 Å². The molecule has 92 valence electrons. The molecular weight excluding hydrogens is 303 g/mol. The zero-order valence-corrected chi connectivity index (χ0v) is 10.1. The van der Waals surface area contributed by atoms with E-state index in [0.29, 0.717) is 0 Å². The summed E-state index contributed by atoms with van der Waals surface area (Å²) in [5, 5.41) is 2.37. The summed E-state index contributed by atoms with van der Waals surface area (Å²) < 4.78 is 43.0. The number of halogens is 4. The van der Waals surface area contributed by atoms with E-state index in [0.717, 1.165) is 12.1 Å². The molecule has 7 heteroatoms. The fourth-order valence-corrected chi connectivity index (χ4v) is 1.99. The third-order valence-corrected chi connectivity index (χ3v) is 2.88. The van der Waals surface area contributed by atoms with Crippen LogP contribution in [0.3, 0.4) is 0 Å². The van der Waals surface area contributed by atoms with Crippen molar-refractivity contribution in [1.82, 2.24) is 0 Å². The predicted molar refractivity (Wildman–Crippen MR) is 57.9 cm³/mol. The zero-order chi connectivity index (χ0) is 12.8. The highest BCUT2D eigenvalue weighted by atomic mass is 79.9. The van der Waals surface area contributed by atoms with Crippen LogP contribution in [-0.2, 0) is 11.0 Å². The Balaban J connectivity index is 2.52. The Labute approximate surface area is 103 Å². The van der Waals surface area contributed by atoms with E-state index in [1.165, 1.54) is 6.92 Å². The van der Waals surface area contributed by atoms with E-state index in [2.05, 4.69) is 21.2 Å². The lowest BCUT2D eigenvalue weighted by Gasteiger charge is -2.25. The lowest BCUT2D eigenvalue weighted by Crippen LogP contribution is -2.34. The smallest absolute Gasteiger partial charge is 0.416 e. The number of anilines is 1. The molecule has 1 aliphatic rings. The molecule has 1 unspecified atom stereocenters. The van der Waals surface area contributed by atoms with E-state index >= 15 is 0 Å². The largest absolute Gasteiger partial charge is 0.478 e. The quantitative estimate of drug-likeness (QED) is 0.799. The molecule has 1 atom stereocenters. The van der Waals surface area contributed by atoms with Crippen molar-refractivity contribution in [2.24, 2.45) is 0 Å². The Morgan fingerprint density at radius 3 is 2.65 bits per heavy atom. The first-order valence-electron chi connectivity index (χ1n) is 4.67. The van der Waals surface area contributed by atoms with Gasteiger partial charge in [0.2, 0.25) is 0 Å². The summed E-state index contributed by atoms with van der Waals surface area (Å²) in [7, 11) is 0. The summed E-state index contributed by atoms with van der Waals surface area (Å²) >= 11 is 3.00. The molecule has 0 saturated carbocycles. The van der Waals surface area contributed by atoms with Gasteiger partial charge in [-0.15, -0.1) is 0 Å². The molecular formula is C10H7BrF3NO2. The van der Waals surface area contributed by atoms with Crippen LogP contribution in [0.5, 0.6) is 5.75 Å². The Morgan fingerprint density at radius 1 is 1.41 bits per heavy atom. The molecule has 1 N–H and O–H groups in total. The summed E-state index contributed by atoms with van der Waals surface area (Å²) in [4.78, 5) is 11.3. The normalized spacial score (nSPS) is 19.4. The molecule has 2 rings (SSSR count). The maximum Gasteiger partial charge on any atom is 0.416 e. The number of carbonyl (C=O) groups is 1. The number of nitrogens with one attached hydrogen (secondary N) is 1. The first-order chi connectivity index (χ1) is 7.79. The van der Waals surface area contributed by atoms with Crippen LogP contribution in [0, 0.1) is 0 Å². The monoisotopic (exact) mass is 309 g/mol. The second-order valence-corrected chi connectivity index (χ2v) is 4.44. The molecule has 0 aliphatic carbocycles. The molecule has 1 aromatic rings. The minimum absolute atomic E-state index is 0.0230. The first kappa shape index (κ1) is 12.2. The van der Waals surface area contributed by atoms with Crippen molar-refractivity contribution >= 4 is 27.5 Å². The van der Waals surface area contributed by atoms with E-state index in [4.69, 9.17) is 4.74 Å². The molecule has 0 spiro atoms. The van der Waals surface area contributed by atoms with Crippen molar-refractivity contribution in [3.05, 3.63) is 22.2 Å².